The molecule has 3 rings (SSSR count). The molecule has 1 aromatic carbocycles. The molecule has 0 aliphatic carbocycles. The van der Waals surface area contributed by atoms with Gasteiger partial charge in [0.25, 0.3) is 15.9 Å². The molecular weight excluding hydrogens is 366 g/mol. The fourth-order valence-electron chi connectivity index (χ4n) is 2.41. The zero-order valence-electron chi connectivity index (χ0n) is 14.9. The number of rotatable bonds is 6. The van der Waals surface area contributed by atoms with Crippen LogP contribution in [0.25, 0.3) is 0 Å². The first-order valence-corrected chi connectivity index (χ1v) is 9.61. The van der Waals surface area contributed by atoms with Crippen molar-refractivity contribution in [2.45, 2.75) is 18.4 Å². The van der Waals surface area contributed by atoms with E-state index >= 15 is 0 Å². The van der Waals surface area contributed by atoms with Crippen LogP contribution in [0.3, 0.4) is 0 Å². The molecule has 7 nitrogen and oxygen atoms in total. The van der Waals surface area contributed by atoms with E-state index in [2.05, 4.69) is 10.3 Å². The quantitative estimate of drug-likeness (QED) is 0.703. The molecule has 0 atom stereocenters. The van der Waals surface area contributed by atoms with Crippen molar-refractivity contribution < 1.29 is 17.9 Å². The third-order valence-corrected chi connectivity index (χ3v) is 5.62. The number of carbonyl (C=O) groups excluding carboxylic acids is 1. The number of aryl methyl sites for hydroxylation is 1. The fourth-order valence-corrected chi connectivity index (χ4v) is 3.60. The number of hydrogen-bond acceptors (Lipinski definition) is 5. The summed E-state index contributed by atoms with van der Waals surface area (Å²) in [7, 11) is -2.27. The molecule has 2 heterocycles. The number of nitrogens with zero attached hydrogens (tertiary/aromatic N) is 2. The van der Waals surface area contributed by atoms with E-state index in [1.807, 2.05) is 19.1 Å². The largest absolute Gasteiger partial charge is 0.497 e. The van der Waals surface area contributed by atoms with Crippen LogP contribution in [0.2, 0.25) is 0 Å². The van der Waals surface area contributed by atoms with Gasteiger partial charge in [-0.1, -0.05) is 6.07 Å². The number of methoxy groups -OCH3 is 1. The second kappa shape index (κ2) is 7.63. The molecule has 1 amide bonds. The van der Waals surface area contributed by atoms with Crippen molar-refractivity contribution in [1.29, 1.82) is 0 Å². The second-order valence-electron chi connectivity index (χ2n) is 5.92. The molecule has 0 saturated heterocycles. The summed E-state index contributed by atoms with van der Waals surface area (Å²) in [5, 5.41) is 2.73. The van der Waals surface area contributed by atoms with Crippen LogP contribution in [0.1, 0.15) is 21.6 Å². The summed E-state index contributed by atoms with van der Waals surface area (Å²) in [6.07, 6.45) is 4.36. The summed E-state index contributed by atoms with van der Waals surface area (Å²) in [6.45, 7) is 2.19. The normalized spacial score (nSPS) is 11.2. The van der Waals surface area contributed by atoms with Gasteiger partial charge in [0.05, 0.1) is 29.8 Å². The number of hydrogen-bond donors (Lipinski definition) is 1. The highest BCUT2D eigenvalue weighted by Gasteiger charge is 2.18. The molecule has 0 bridgehead atoms. The van der Waals surface area contributed by atoms with Crippen LogP contribution in [0, 0.1) is 6.92 Å². The van der Waals surface area contributed by atoms with Crippen LogP contribution in [-0.2, 0) is 16.6 Å². The molecule has 140 valence electrons. The highest BCUT2D eigenvalue weighted by atomic mass is 32.2. The summed E-state index contributed by atoms with van der Waals surface area (Å²) in [5.74, 6) is 0.187. The first-order chi connectivity index (χ1) is 12.9. The SMILES string of the molecule is COc1ccc(S(=O)(=O)n2ccc(C(=O)NCc3ccc(C)cn3)c2)cc1. The lowest BCUT2D eigenvalue weighted by atomic mass is 10.2. The van der Waals surface area contributed by atoms with Crippen LogP contribution in [0.15, 0.2) is 66.0 Å². The lowest BCUT2D eigenvalue weighted by Crippen LogP contribution is -2.23. The number of benzene rings is 1. The maximum absolute atomic E-state index is 12.7. The van der Waals surface area contributed by atoms with E-state index in [4.69, 9.17) is 4.74 Å². The van der Waals surface area contributed by atoms with E-state index in [1.165, 1.54) is 37.7 Å². The summed E-state index contributed by atoms with van der Waals surface area (Å²) < 4.78 is 31.4. The second-order valence-corrected chi connectivity index (χ2v) is 7.76. The Labute approximate surface area is 157 Å². The van der Waals surface area contributed by atoms with Gasteiger partial charge < -0.3 is 10.1 Å². The lowest BCUT2D eigenvalue weighted by Gasteiger charge is -2.07. The molecule has 1 N–H and O–H groups in total. The monoisotopic (exact) mass is 385 g/mol. The Kier molecular flexibility index (Phi) is 5.27. The minimum absolute atomic E-state index is 0.106. The minimum Gasteiger partial charge on any atom is -0.497 e. The number of carbonyl (C=O) groups is 1. The van der Waals surface area contributed by atoms with Crippen LogP contribution < -0.4 is 10.1 Å². The van der Waals surface area contributed by atoms with Gasteiger partial charge in [0.2, 0.25) is 0 Å². The Morgan fingerprint density at radius 1 is 1.15 bits per heavy atom. The fraction of sp³-hybridized carbons (Fsp3) is 0.158. The van der Waals surface area contributed by atoms with Gasteiger partial charge in [0.1, 0.15) is 5.75 Å². The first kappa shape index (κ1) is 18.7. The number of pyridine rings is 1. The molecule has 27 heavy (non-hydrogen) atoms. The maximum Gasteiger partial charge on any atom is 0.267 e. The van der Waals surface area contributed by atoms with Crippen LogP contribution in [0.4, 0.5) is 0 Å². The third kappa shape index (κ3) is 4.17. The smallest absolute Gasteiger partial charge is 0.267 e. The van der Waals surface area contributed by atoms with Gasteiger partial charge in [-0.05, 0) is 48.9 Å². The molecule has 0 fully saturated rings. The van der Waals surface area contributed by atoms with Crippen molar-refractivity contribution in [1.82, 2.24) is 14.3 Å². The molecular formula is C19H19N3O4S. The summed E-state index contributed by atoms with van der Waals surface area (Å²) in [4.78, 5) is 16.6. The predicted molar refractivity (Wildman–Crippen MR) is 100 cm³/mol. The van der Waals surface area contributed by atoms with Gasteiger partial charge >= 0.3 is 0 Å². The average molecular weight is 385 g/mol. The number of amides is 1. The summed E-state index contributed by atoms with van der Waals surface area (Å²) in [6, 6.07) is 11.2. The zero-order valence-corrected chi connectivity index (χ0v) is 15.7. The Morgan fingerprint density at radius 3 is 2.52 bits per heavy atom. The number of aromatic nitrogens is 2. The molecule has 0 radical (unpaired) electrons. The Balaban J connectivity index is 1.72. The lowest BCUT2D eigenvalue weighted by molar-refractivity contribution is 0.0950. The van der Waals surface area contributed by atoms with Crippen molar-refractivity contribution in [3.63, 3.8) is 0 Å². The van der Waals surface area contributed by atoms with Crippen molar-refractivity contribution in [3.05, 3.63) is 77.9 Å². The number of nitrogens with one attached hydrogen (secondary N) is 1. The van der Waals surface area contributed by atoms with Gasteiger partial charge in [-0.25, -0.2) is 12.4 Å². The standard InChI is InChI=1S/C19H19N3O4S/c1-14-3-4-16(20-11-14)12-21-19(23)15-9-10-22(13-15)27(24,25)18-7-5-17(26-2)6-8-18/h3-11,13H,12H2,1-2H3,(H,21,23). The van der Waals surface area contributed by atoms with Crippen molar-refractivity contribution in [2.75, 3.05) is 7.11 Å². The summed E-state index contributed by atoms with van der Waals surface area (Å²) in [5.41, 5.74) is 2.00. The van der Waals surface area contributed by atoms with E-state index in [0.29, 0.717) is 5.75 Å². The van der Waals surface area contributed by atoms with E-state index in [-0.39, 0.29) is 22.9 Å². The Bertz CT molecular complexity index is 1040. The molecule has 0 unspecified atom stereocenters. The van der Waals surface area contributed by atoms with Crippen molar-refractivity contribution in [2.24, 2.45) is 0 Å². The summed E-state index contributed by atoms with van der Waals surface area (Å²) >= 11 is 0. The van der Waals surface area contributed by atoms with Gasteiger partial charge in [-0.3, -0.25) is 9.78 Å². The Morgan fingerprint density at radius 2 is 1.89 bits per heavy atom. The molecule has 8 heteroatoms. The highest BCUT2D eigenvalue weighted by molar-refractivity contribution is 7.90. The van der Waals surface area contributed by atoms with Gasteiger partial charge in [-0.15, -0.1) is 0 Å². The first-order valence-electron chi connectivity index (χ1n) is 8.17. The van der Waals surface area contributed by atoms with E-state index in [9.17, 15) is 13.2 Å². The molecule has 0 saturated carbocycles. The van der Waals surface area contributed by atoms with Crippen molar-refractivity contribution in [3.8, 4) is 5.75 Å². The maximum atomic E-state index is 12.7. The molecule has 2 aromatic heterocycles. The van der Waals surface area contributed by atoms with Gasteiger partial charge in [0.15, 0.2) is 0 Å². The predicted octanol–water partition coefficient (Wildman–Crippen LogP) is 2.37. The number of ether oxygens (including phenoxy) is 1. The van der Waals surface area contributed by atoms with Crippen LogP contribution in [0.5, 0.6) is 5.75 Å². The molecule has 0 spiro atoms. The molecule has 0 aliphatic heterocycles. The van der Waals surface area contributed by atoms with E-state index < -0.39 is 10.0 Å². The van der Waals surface area contributed by atoms with Crippen LogP contribution >= 0.6 is 0 Å². The van der Waals surface area contributed by atoms with Crippen molar-refractivity contribution >= 4 is 15.9 Å². The minimum atomic E-state index is -3.78. The van der Waals surface area contributed by atoms with E-state index in [1.54, 1.807) is 18.3 Å². The third-order valence-electron chi connectivity index (χ3n) is 3.97. The Hall–Kier alpha value is -3.13. The molecule has 3 aromatic rings. The average Bonchev–Trinajstić information content (AvgIpc) is 3.18. The van der Waals surface area contributed by atoms with Crippen LogP contribution in [-0.4, -0.2) is 30.4 Å². The topological polar surface area (TPSA) is 90.3 Å². The van der Waals surface area contributed by atoms with Gasteiger partial charge in [0, 0.05) is 18.6 Å². The van der Waals surface area contributed by atoms with E-state index in [0.717, 1.165) is 15.2 Å². The highest BCUT2D eigenvalue weighted by Crippen LogP contribution is 2.19. The van der Waals surface area contributed by atoms with Gasteiger partial charge in [-0.2, -0.15) is 0 Å². The zero-order chi connectivity index (χ0) is 19.4. The molecule has 0 aliphatic rings.